The second-order valence-corrected chi connectivity index (χ2v) is 9.13. The number of nitrogens with two attached hydrogens (primary N) is 1. The largest absolute Gasteiger partial charge is 0.488 e. The topological polar surface area (TPSA) is 88.8 Å². The molecule has 4 rings (SSSR count). The number of likely N-dealkylation sites (tertiary alicyclic amines) is 2. The molecule has 2 aromatic rings. The Morgan fingerprint density at radius 1 is 0.938 bits per heavy atom. The van der Waals surface area contributed by atoms with Crippen molar-refractivity contribution in [3.05, 3.63) is 29.6 Å². The SMILES string of the molecule is Cc1ccc(OC[C@@H]2CCCN2C)c(Nc2nc(C)cc(N)c2OC[C@H]2CCCN2C)n1. The zero-order chi connectivity index (χ0) is 22.7. The number of ether oxygens (including phenoxy) is 2. The molecular weight excluding hydrogens is 404 g/mol. The maximum atomic E-state index is 6.34. The van der Waals surface area contributed by atoms with Gasteiger partial charge < -0.3 is 30.3 Å². The van der Waals surface area contributed by atoms with Crippen LogP contribution in [-0.2, 0) is 0 Å². The van der Waals surface area contributed by atoms with Crippen LogP contribution in [0.25, 0.3) is 0 Å². The first-order chi connectivity index (χ1) is 15.4. The Morgan fingerprint density at radius 3 is 2.19 bits per heavy atom. The number of anilines is 3. The van der Waals surface area contributed by atoms with E-state index >= 15 is 0 Å². The molecule has 2 aliphatic heterocycles. The molecule has 2 fully saturated rings. The van der Waals surface area contributed by atoms with Crippen LogP contribution in [0.15, 0.2) is 18.2 Å². The Hall–Kier alpha value is -2.58. The fraction of sp³-hybridized carbons (Fsp3) is 0.583. The fourth-order valence-corrected chi connectivity index (χ4v) is 4.53. The van der Waals surface area contributed by atoms with E-state index < -0.39 is 0 Å². The monoisotopic (exact) mass is 440 g/mol. The van der Waals surface area contributed by atoms with E-state index in [1.165, 1.54) is 12.8 Å². The van der Waals surface area contributed by atoms with E-state index in [1.807, 2.05) is 32.0 Å². The van der Waals surface area contributed by atoms with Crippen LogP contribution in [-0.4, -0.2) is 72.3 Å². The van der Waals surface area contributed by atoms with Crippen LogP contribution >= 0.6 is 0 Å². The molecule has 32 heavy (non-hydrogen) atoms. The third-order valence-corrected chi connectivity index (χ3v) is 6.56. The van der Waals surface area contributed by atoms with E-state index in [4.69, 9.17) is 15.2 Å². The molecule has 3 N–H and O–H groups in total. The van der Waals surface area contributed by atoms with Crippen molar-refractivity contribution in [1.82, 2.24) is 19.8 Å². The smallest absolute Gasteiger partial charge is 0.184 e. The molecule has 0 radical (unpaired) electrons. The number of rotatable bonds is 8. The molecule has 4 heterocycles. The molecule has 0 saturated carbocycles. The molecule has 0 unspecified atom stereocenters. The summed E-state index contributed by atoms with van der Waals surface area (Å²) in [5, 5.41) is 3.36. The third-order valence-electron chi connectivity index (χ3n) is 6.56. The number of aromatic nitrogens is 2. The van der Waals surface area contributed by atoms with Gasteiger partial charge in [-0.25, -0.2) is 9.97 Å². The van der Waals surface area contributed by atoms with Gasteiger partial charge in [0.2, 0.25) is 0 Å². The summed E-state index contributed by atoms with van der Waals surface area (Å²) in [5.41, 5.74) is 8.63. The first kappa shape index (κ1) is 22.6. The van der Waals surface area contributed by atoms with E-state index in [1.54, 1.807) is 0 Å². The summed E-state index contributed by atoms with van der Waals surface area (Å²) < 4.78 is 12.4. The van der Waals surface area contributed by atoms with Crippen molar-refractivity contribution in [1.29, 1.82) is 0 Å². The lowest BCUT2D eigenvalue weighted by Crippen LogP contribution is -2.31. The minimum atomic E-state index is 0.392. The zero-order valence-electron chi connectivity index (χ0n) is 19.7. The molecule has 0 spiro atoms. The standard InChI is InChI=1S/C24H36N6O2/c1-16-9-10-21(31-14-18-7-5-11-29(18)3)23(26-16)28-24-22(20(25)13-17(2)27-24)32-15-19-8-6-12-30(19)4/h9-10,13,18-19H,5-8,11-12,14-15H2,1-4H3,(H3,25,26,27,28)/t18-,19+/m0/s1. The second kappa shape index (κ2) is 9.92. The molecule has 2 saturated heterocycles. The molecule has 8 heteroatoms. The number of aryl methyl sites for hydroxylation is 2. The van der Waals surface area contributed by atoms with Crippen molar-refractivity contribution in [2.24, 2.45) is 0 Å². The van der Waals surface area contributed by atoms with Gasteiger partial charge in [-0.3, -0.25) is 0 Å². The Morgan fingerprint density at radius 2 is 1.56 bits per heavy atom. The quantitative estimate of drug-likeness (QED) is 0.646. The fourth-order valence-electron chi connectivity index (χ4n) is 4.53. The van der Waals surface area contributed by atoms with Gasteiger partial charge in [0.1, 0.15) is 13.2 Å². The van der Waals surface area contributed by atoms with E-state index in [2.05, 4.69) is 39.2 Å². The molecule has 0 bridgehead atoms. The minimum absolute atomic E-state index is 0.392. The minimum Gasteiger partial charge on any atom is -0.488 e. The van der Waals surface area contributed by atoms with Crippen molar-refractivity contribution in [2.75, 3.05) is 51.4 Å². The van der Waals surface area contributed by atoms with Gasteiger partial charge in [0.15, 0.2) is 23.1 Å². The van der Waals surface area contributed by atoms with Crippen LogP contribution in [0.5, 0.6) is 11.5 Å². The normalized spacial score (nSPS) is 21.8. The predicted molar refractivity (Wildman–Crippen MR) is 128 cm³/mol. The van der Waals surface area contributed by atoms with Crippen LogP contribution < -0.4 is 20.5 Å². The van der Waals surface area contributed by atoms with Gasteiger partial charge in [0.25, 0.3) is 0 Å². The summed E-state index contributed by atoms with van der Waals surface area (Å²) >= 11 is 0. The molecule has 174 valence electrons. The van der Waals surface area contributed by atoms with Crippen LogP contribution in [0.2, 0.25) is 0 Å². The Bertz CT molecular complexity index is 937. The molecule has 8 nitrogen and oxygen atoms in total. The maximum absolute atomic E-state index is 6.34. The molecular formula is C24H36N6O2. The zero-order valence-corrected chi connectivity index (χ0v) is 19.7. The van der Waals surface area contributed by atoms with Crippen LogP contribution in [0.1, 0.15) is 37.1 Å². The van der Waals surface area contributed by atoms with Gasteiger partial charge in [-0.15, -0.1) is 0 Å². The maximum Gasteiger partial charge on any atom is 0.184 e. The summed E-state index contributed by atoms with van der Waals surface area (Å²) in [4.78, 5) is 14.1. The first-order valence-electron chi connectivity index (χ1n) is 11.6. The molecule has 0 aliphatic carbocycles. The Balaban J connectivity index is 1.54. The number of nitrogens with one attached hydrogen (secondary N) is 1. The molecule has 2 aliphatic rings. The van der Waals surface area contributed by atoms with Crippen molar-refractivity contribution in [2.45, 2.75) is 51.6 Å². The number of likely N-dealkylation sites (N-methyl/N-ethyl adjacent to an activating group) is 2. The van der Waals surface area contributed by atoms with Gasteiger partial charge in [-0.1, -0.05) is 0 Å². The molecule has 2 atom stereocenters. The van der Waals surface area contributed by atoms with Gasteiger partial charge in [-0.05, 0) is 84.9 Å². The van der Waals surface area contributed by atoms with Crippen LogP contribution in [0.4, 0.5) is 17.3 Å². The molecule has 2 aromatic heterocycles. The van der Waals surface area contributed by atoms with Crippen molar-refractivity contribution in [3.63, 3.8) is 0 Å². The number of pyridine rings is 2. The summed E-state index contributed by atoms with van der Waals surface area (Å²) in [6.07, 6.45) is 4.69. The lowest BCUT2D eigenvalue weighted by atomic mass is 10.2. The summed E-state index contributed by atoms with van der Waals surface area (Å²) in [5.74, 6) is 2.48. The van der Waals surface area contributed by atoms with E-state index in [0.717, 1.165) is 37.3 Å². The van der Waals surface area contributed by atoms with Crippen LogP contribution in [0, 0.1) is 13.8 Å². The third kappa shape index (κ3) is 5.24. The van der Waals surface area contributed by atoms with E-state index in [0.29, 0.717) is 54.1 Å². The summed E-state index contributed by atoms with van der Waals surface area (Å²) in [6, 6.07) is 6.59. The highest BCUT2D eigenvalue weighted by molar-refractivity contribution is 5.72. The van der Waals surface area contributed by atoms with E-state index in [9.17, 15) is 0 Å². The highest BCUT2D eigenvalue weighted by Gasteiger charge is 2.24. The number of hydrogen-bond acceptors (Lipinski definition) is 8. The summed E-state index contributed by atoms with van der Waals surface area (Å²) in [7, 11) is 4.29. The first-order valence-corrected chi connectivity index (χ1v) is 11.6. The van der Waals surface area contributed by atoms with Crippen molar-refractivity contribution < 1.29 is 9.47 Å². The lowest BCUT2D eigenvalue weighted by Gasteiger charge is -2.23. The van der Waals surface area contributed by atoms with Crippen molar-refractivity contribution in [3.8, 4) is 11.5 Å². The van der Waals surface area contributed by atoms with Gasteiger partial charge in [0.05, 0.1) is 5.69 Å². The number of nitrogens with zero attached hydrogens (tertiary/aromatic N) is 4. The van der Waals surface area contributed by atoms with Gasteiger partial charge >= 0.3 is 0 Å². The highest BCUT2D eigenvalue weighted by Crippen LogP contribution is 2.35. The lowest BCUT2D eigenvalue weighted by molar-refractivity contribution is 0.198. The number of hydrogen-bond donors (Lipinski definition) is 2. The average Bonchev–Trinajstić information content (AvgIpc) is 3.34. The molecule has 0 aromatic carbocycles. The Labute approximate surface area is 191 Å². The Kier molecular flexibility index (Phi) is 7.01. The average molecular weight is 441 g/mol. The van der Waals surface area contributed by atoms with Crippen molar-refractivity contribution >= 4 is 17.3 Å². The van der Waals surface area contributed by atoms with Crippen LogP contribution in [0.3, 0.4) is 0 Å². The van der Waals surface area contributed by atoms with Gasteiger partial charge in [-0.2, -0.15) is 0 Å². The second-order valence-electron chi connectivity index (χ2n) is 9.13. The predicted octanol–water partition coefficient (Wildman–Crippen LogP) is 3.37. The number of nitrogen functional groups attached to an aromatic ring is 1. The summed E-state index contributed by atoms with van der Waals surface area (Å²) in [6.45, 7) is 7.33. The molecule has 0 amide bonds. The van der Waals surface area contributed by atoms with Gasteiger partial charge in [0, 0.05) is 23.5 Å². The highest BCUT2D eigenvalue weighted by atomic mass is 16.5. The van der Waals surface area contributed by atoms with E-state index in [-0.39, 0.29) is 0 Å².